The molecule has 27 heavy (non-hydrogen) atoms. The van der Waals surface area contributed by atoms with Crippen LogP contribution in [0.4, 0.5) is 14.5 Å². The maximum Gasteiger partial charge on any atom is 0.387 e. The Bertz CT molecular complexity index is 929. The Balaban J connectivity index is 1.84. The molecule has 3 rings (SSSR count). The zero-order chi connectivity index (χ0) is 19.4. The van der Waals surface area contributed by atoms with E-state index in [-0.39, 0.29) is 17.4 Å². The van der Waals surface area contributed by atoms with E-state index in [4.69, 9.17) is 4.74 Å². The van der Waals surface area contributed by atoms with Crippen molar-refractivity contribution in [2.24, 2.45) is 4.99 Å². The number of thioether (sulfide) groups is 1. The molecule has 0 spiro atoms. The average molecular weight is 390 g/mol. The lowest BCUT2D eigenvalue weighted by Gasteiger charge is -2.10. The van der Waals surface area contributed by atoms with Crippen molar-refractivity contribution in [3.05, 3.63) is 58.5 Å². The molecular weight excluding hydrogens is 374 g/mol. The smallest absolute Gasteiger partial charge is 0.387 e. The molecule has 0 radical (unpaired) electrons. The first-order valence-electron chi connectivity index (χ1n) is 7.93. The van der Waals surface area contributed by atoms with Crippen LogP contribution in [-0.2, 0) is 4.79 Å². The van der Waals surface area contributed by atoms with E-state index in [9.17, 15) is 13.6 Å². The highest BCUT2D eigenvalue weighted by molar-refractivity contribution is 8.18. The molecule has 0 unspecified atom stereocenters. The molecule has 1 aliphatic rings. The van der Waals surface area contributed by atoms with Crippen LogP contribution in [-0.4, -0.2) is 24.8 Å². The molecule has 8 heteroatoms. The van der Waals surface area contributed by atoms with Crippen LogP contribution in [0.2, 0.25) is 0 Å². The van der Waals surface area contributed by atoms with Gasteiger partial charge >= 0.3 is 6.61 Å². The van der Waals surface area contributed by atoms with E-state index in [0.717, 1.165) is 11.3 Å². The minimum atomic E-state index is -2.97. The highest BCUT2D eigenvalue weighted by Crippen LogP contribution is 2.33. The lowest BCUT2D eigenvalue weighted by atomic mass is 10.2. The molecule has 1 fully saturated rings. The second kappa shape index (κ2) is 8.22. The van der Waals surface area contributed by atoms with Gasteiger partial charge in [-0.2, -0.15) is 8.78 Å². The summed E-state index contributed by atoms with van der Waals surface area (Å²) in [4.78, 5) is 17.0. The van der Waals surface area contributed by atoms with Gasteiger partial charge in [0, 0.05) is 0 Å². The number of halogens is 2. The van der Waals surface area contributed by atoms with Crippen molar-refractivity contribution in [2.75, 3.05) is 7.11 Å². The van der Waals surface area contributed by atoms with Gasteiger partial charge in [0.05, 0.1) is 17.7 Å². The fourth-order valence-corrected chi connectivity index (χ4v) is 3.26. The van der Waals surface area contributed by atoms with Crippen molar-refractivity contribution in [1.29, 1.82) is 0 Å². The third-order valence-electron chi connectivity index (χ3n) is 3.58. The molecule has 0 atom stereocenters. The van der Waals surface area contributed by atoms with Crippen molar-refractivity contribution >= 4 is 34.6 Å². The second-order valence-corrected chi connectivity index (χ2v) is 6.64. The molecule has 2 aromatic carbocycles. The number of benzene rings is 2. The Morgan fingerprint density at radius 1 is 1.19 bits per heavy atom. The van der Waals surface area contributed by atoms with Gasteiger partial charge in [-0.05, 0) is 60.2 Å². The zero-order valence-electron chi connectivity index (χ0n) is 14.5. The lowest BCUT2D eigenvalue weighted by Crippen LogP contribution is -2.19. The number of amides is 1. The van der Waals surface area contributed by atoms with E-state index in [0.29, 0.717) is 15.6 Å². The summed E-state index contributed by atoms with van der Waals surface area (Å²) in [5.74, 6) is -0.222. The molecule has 140 valence electrons. The van der Waals surface area contributed by atoms with Crippen molar-refractivity contribution in [3.8, 4) is 11.5 Å². The molecule has 1 heterocycles. The van der Waals surface area contributed by atoms with Crippen molar-refractivity contribution in [1.82, 2.24) is 5.32 Å². The van der Waals surface area contributed by atoms with Crippen LogP contribution >= 0.6 is 11.8 Å². The van der Waals surface area contributed by atoms with Crippen LogP contribution in [0.15, 0.2) is 52.4 Å². The topological polar surface area (TPSA) is 59.9 Å². The number of ether oxygens (including phenoxy) is 2. The minimum absolute atomic E-state index is 0.0982. The molecule has 1 aliphatic heterocycles. The molecule has 0 bridgehead atoms. The summed E-state index contributed by atoms with van der Waals surface area (Å²) in [5, 5.41) is 3.14. The van der Waals surface area contributed by atoms with Gasteiger partial charge in [-0.15, -0.1) is 0 Å². The molecule has 0 aliphatic carbocycles. The maximum absolute atomic E-state index is 12.5. The van der Waals surface area contributed by atoms with Crippen LogP contribution in [0.3, 0.4) is 0 Å². The molecule has 2 aromatic rings. The number of methoxy groups -OCH3 is 1. The number of hydrogen-bond donors (Lipinski definition) is 1. The Morgan fingerprint density at radius 3 is 2.70 bits per heavy atom. The predicted molar refractivity (Wildman–Crippen MR) is 102 cm³/mol. The standard InChI is InChI=1S/C19H16F2N2O3S/c1-11-4-3-5-13(8-11)22-19-23-17(24)16(27-19)10-12-6-7-14(25-2)15(9-12)26-18(20)21/h3-10,18H,1-2H3,(H,22,23,24)/b16-10-. The molecule has 0 saturated carbocycles. The molecule has 1 N–H and O–H groups in total. The Labute approximate surface area is 159 Å². The van der Waals surface area contributed by atoms with E-state index >= 15 is 0 Å². The average Bonchev–Trinajstić information content (AvgIpc) is 2.94. The van der Waals surface area contributed by atoms with Crippen LogP contribution < -0.4 is 14.8 Å². The largest absolute Gasteiger partial charge is 0.493 e. The van der Waals surface area contributed by atoms with Gasteiger partial charge in [0.25, 0.3) is 5.91 Å². The number of alkyl halides is 2. The number of amidine groups is 1. The molecular formula is C19H16F2N2O3S. The van der Waals surface area contributed by atoms with Gasteiger partial charge in [-0.25, -0.2) is 4.99 Å². The van der Waals surface area contributed by atoms with Gasteiger partial charge in [0.2, 0.25) is 0 Å². The predicted octanol–water partition coefficient (Wildman–Crippen LogP) is 4.50. The van der Waals surface area contributed by atoms with Gasteiger partial charge in [0.1, 0.15) is 0 Å². The first kappa shape index (κ1) is 18.9. The summed E-state index contributed by atoms with van der Waals surface area (Å²) in [6.07, 6.45) is 1.58. The maximum atomic E-state index is 12.5. The van der Waals surface area contributed by atoms with Gasteiger partial charge in [-0.3, -0.25) is 4.79 Å². The normalized spacial score (nSPS) is 16.9. The minimum Gasteiger partial charge on any atom is -0.493 e. The summed E-state index contributed by atoms with van der Waals surface area (Å²) in [6, 6.07) is 12.1. The number of carbonyl (C=O) groups excluding carboxylic acids is 1. The molecule has 5 nitrogen and oxygen atoms in total. The van der Waals surface area contributed by atoms with E-state index in [1.807, 2.05) is 31.2 Å². The SMILES string of the molecule is COc1ccc(/C=C2\SC(=Nc3cccc(C)c3)NC2=O)cc1OC(F)F. The first-order valence-corrected chi connectivity index (χ1v) is 8.75. The lowest BCUT2D eigenvalue weighted by molar-refractivity contribution is -0.115. The highest BCUT2D eigenvalue weighted by Gasteiger charge is 2.24. The van der Waals surface area contributed by atoms with Gasteiger partial charge < -0.3 is 14.8 Å². The Kier molecular flexibility index (Phi) is 5.75. The van der Waals surface area contributed by atoms with E-state index < -0.39 is 6.61 Å². The molecule has 0 aromatic heterocycles. The van der Waals surface area contributed by atoms with Crippen LogP contribution in [0.5, 0.6) is 11.5 Å². The Morgan fingerprint density at radius 2 is 2.00 bits per heavy atom. The second-order valence-electron chi connectivity index (χ2n) is 5.61. The summed E-state index contributed by atoms with van der Waals surface area (Å²) in [6.45, 7) is -1.02. The Hall–Kier alpha value is -2.87. The van der Waals surface area contributed by atoms with Crippen molar-refractivity contribution in [2.45, 2.75) is 13.5 Å². The van der Waals surface area contributed by atoms with E-state index in [1.165, 1.54) is 31.0 Å². The number of hydrogen-bond acceptors (Lipinski definition) is 5. The number of carbonyl (C=O) groups is 1. The van der Waals surface area contributed by atoms with Crippen molar-refractivity contribution < 1.29 is 23.0 Å². The number of aryl methyl sites for hydroxylation is 1. The summed E-state index contributed by atoms with van der Waals surface area (Å²) < 4.78 is 34.6. The van der Waals surface area contributed by atoms with Crippen LogP contribution in [0, 0.1) is 6.92 Å². The molecule has 1 amide bonds. The van der Waals surface area contributed by atoms with Gasteiger partial charge in [-0.1, -0.05) is 18.2 Å². The number of aliphatic imine (C=N–C) groups is 1. The third kappa shape index (κ3) is 4.85. The summed E-state index contributed by atoms with van der Waals surface area (Å²) in [5.41, 5.74) is 2.32. The number of nitrogens with zero attached hydrogens (tertiary/aromatic N) is 1. The fourth-order valence-electron chi connectivity index (χ4n) is 2.42. The van der Waals surface area contributed by atoms with Crippen molar-refractivity contribution in [3.63, 3.8) is 0 Å². The first-order chi connectivity index (χ1) is 12.9. The van der Waals surface area contributed by atoms with Gasteiger partial charge in [0.15, 0.2) is 16.7 Å². The quantitative estimate of drug-likeness (QED) is 0.764. The highest BCUT2D eigenvalue weighted by atomic mass is 32.2. The zero-order valence-corrected chi connectivity index (χ0v) is 15.3. The van der Waals surface area contributed by atoms with E-state index in [1.54, 1.807) is 12.1 Å². The summed E-state index contributed by atoms with van der Waals surface area (Å²) >= 11 is 1.17. The van der Waals surface area contributed by atoms with Crippen LogP contribution in [0.1, 0.15) is 11.1 Å². The van der Waals surface area contributed by atoms with Crippen LogP contribution in [0.25, 0.3) is 6.08 Å². The number of nitrogens with one attached hydrogen (secondary N) is 1. The summed E-state index contributed by atoms with van der Waals surface area (Å²) in [7, 11) is 1.36. The fraction of sp³-hybridized carbons (Fsp3) is 0.158. The monoisotopic (exact) mass is 390 g/mol. The molecule has 1 saturated heterocycles. The third-order valence-corrected chi connectivity index (χ3v) is 4.49. The number of rotatable bonds is 5. The van der Waals surface area contributed by atoms with E-state index in [2.05, 4.69) is 15.0 Å².